The number of benzene rings is 2. The molecule has 0 spiro atoms. The maximum Gasteiger partial charge on any atom is 0.234 e. The molecule has 0 aliphatic rings. The number of thioether (sulfide) groups is 1. The van der Waals surface area contributed by atoms with Crippen LogP contribution in [0.15, 0.2) is 53.9 Å². The molecule has 140 valence electrons. The van der Waals surface area contributed by atoms with Crippen LogP contribution in [0.3, 0.4) is 0 Å². The first-order valence-corrected chi connectivity index (χ1v) is 9.39. The molecule has 1 heterocycles. The van der Waals surface area contributed by atoms with E-state index in [2.05, 4.69) is 36.3 Å². The maximum absolute atomic E-state index is 13.4. The van der Waals surface area contributed by atoms with E-state index in [1.807, 2.05) is 16.8 Å². The Morgan fingerprint density at radius 1 is 1.22 bits per heavy atom. The van der Waals surface area contributed by atoms with Crippen LogP contribution in [0.5, 0.6) is 0 Å². The highest BCUT2D eigenvalue weighted by Gasteiger charge is 2.11. The van der Waals surface area contributed by atoms with Gasteiger partial charge >= 0.3 is 0 Å². The Balaban J connectivity index is 1.66. The van der Waals surface area contributed by atoms with Crippen molar-refractivity contribution in [2.45, 2.75) is 25.6 Å². The Bertz CT molecular complexity index is 972. The fraction of sp³-hybridized carbons (Fsp3) is 0.200. The van der Waals surface area contributed by atoms with Crippen LogP contribution in [-0.4, -0.2) is 26.3 Å². The second-order valence-electron chi connectivity index (χ2n) is 6.15. The second kappa shape index (κ2) is 8.37. The van der Waals surface area contributed by atoms with E-state index in [9.17, 15) is 9.18 Å². The van der Waals surface area contributed by atoms with Gasteiger partial charge in [0.25, 0.3) is 0 Å². The number of nitrogens with one attached hydrogen (secondary N) is 1. The molecule has 1 aromatic heterocycles. The van der Waals surface area contributed by atoms with Gasteiger partial charge in [-0.25, -0.2) is 9.37 Å². The maximum atomic E-state index is 13.4. The van der Waals surface area contributed by atoms with Gasteiger partial charge in [-0.3, -0.25) is 9.36 Å². The summed E-state index contributed by atoms with van der Waals surface area (Å²) in [5.74, 6) is -0.571. The number of carbonyl (C=O) groups is 1. The molecule has 7 heteroatoms. The average molecular weight is 385 g/mol. The summed E-state index contributed by atoms with van der Waals surface area (Å²) in [6.45, 7) is 3.70. The number of rotatable bonds is 6. The van der Waals surface area contributed by atoms with Crippen molar-refractivity contribution in [3.8, 4) is 5.69 Å². The standard InChI is InChI=1S/C20H20FN3O2S/c1-13-3-5-17(9-14(13)2)24-8-7-22-20(24)27-12-19(26)23-16-4-6-18(21)15(10-16)11-25/h3-10,25H,11-12H2,1-2H3,(H,23,26). The number of halogens is 1. The minimum Gasteiger partial charge on any atom is -0.392 e. The molecule has 0 aliphatic heterocycles. The number of hydrogen-bond acceptors (Lipinski definition) is 4. The summed E-state index contributed by atoms with van der Waals surface area (Å²) in [7, 11) is 0. The van der Waals surface area contributed by atoms with E-state index in [4.69, 9.17) is 5.11 Å². The number of carbonyl (C=O) groups excluding carboxylic acids is 1. The van der Waals surface area contributed by atoms with Gasteiger partial charge in [0, 0.05) is 29.3 Å². The van der Waals surface area contributed by atoms with Crippen LogP contribution in [0.4, 0.5) is 10.1 Å². The van der Waals surface area contributed by atoms with Crippen molar-refractivity contribution in [3.63, 3.8) is 0 Å². The Kier molecular flexibility index (Phi) is 5.93. The van der Waals surface area contributed by atoms with Crippen LogP contribution in [0, 0.1) is 19.7 Å². The highest BCUT2D eigenvalue weighted by Crippen LogP contribution is 2.22. The Morgan fingerprint density at radius 3 is 2.78 bits per heavy atom. The number of anilines is 1. The van der Waals surface area contributed by atoms with Crippen molar-refractivity contribution in [2.75, 3.05) is 11.1 Å². The summed E-state index contributed by atoms with van der Waals surface area (Å²) in [4.78, 5) is 16.5. The van der Waals surface area contributed by atoms with Crippen LogP contribution >= 0.6 is 11.8 Å². The number of hydrogen-bond donors (Lipinski definition) is 2. The van der Waals surface area contributed by atoms with Gasteiger partial charge in [0.2, 0.25) is 5.91 Å². The van der Waals surface area contributed by atoms with E-state index in [0.29, 0.717) is 10.8 Å². The van der Waals surface area contributed by atoms with Crippen LogP contribution < -0.4 is 5.32 Å². The van der Waals surface area contributed by atoms with Gasteiger partial charge in [-0.05, 0) is 55.3 Å². The Hall–Kier alpha value is -2.64. The van der Waals surface area contributed by atoms with Gasteiger partial charge in [-0.15, -0.1) is 0 Å². The molecule has 3 rings (SSSR count). The molecule has 3 aromatic rings. The normalized spacial score (nSPS) is 10.8. The zero-order chi connectivity index (χ0) is 19.4. The monoisotopic (exact) mass is 385 g/mol. The summed E-state index contributed by atoms with van der Waals surface area (Å²) < 4.78 is 15.3. The summed E-state index contributed by atoms with van der Waals surface area (Å²) in [5, 5.41) is 12.5. The lowest BCUT2D eigenvalue weighted by Gasteiger charge is -2.10. The minimum absolute atomic E-state index is 0.144. The van der Waals surface area contributed by atoms with Crippen LogP contribution in [0.25, 0.3) is 5.69 Å². The summed E-state index contributed by atoms with van der Waals surface area (Å²) in [6, 6.07) is 10.3. The third kappa shape index (κ3) is 4.56. The van der Waals surface area contributed by atoms with Crippen molar-refractivity contribution < 1.29 is 14.3 Å². The zero-order valence-corrected chi connectivity index (χ0v) is 15.9. The van der Waals surface area contributed by atoms with Gasteiger partial charge < -0.3 is 10.4 Å². The van der Waals surface area contributed by atoms with E-state index in [0.717, 1.165) is 5.69 Å². The summed E-state index contributed by atoms with van der Waals surface area (Å²) in [5.41, 5.74) is 3.99. The largest absolute Gasteiger partial charge is 0.392 e. The third-order valence-corrected chi connectivity index (χ3v) is 5.17. The fourth-order valence-corrected chi connectivity index (χ4v) is 3.34. The van der Waals surface area contributed by atoms with E-state index in [1.165, 1.54) is 41.1 Å². The zero-order valence-electron chi connectivity index (χ0n) is 15.1. The number of aryl methyl sites for hydroxylation is 2. The Morgan fingerprint density at radius 2 is 2.04 bits per heavy atom. The first-order chi connectivity index (χ1) is 13.0. The van der Waals surface area contributed by atoms with Gasteiger partial charge in [0.1, 0.15) is 5.82 Å². The SMILES string of the molecule is Cc1ccc(-n2ccnc2SCC(=O)Nc2ccc(F)c(CO)c2)cc1C. The van der Waals surface area contributed by atoms with Crippen molar-refractivity contribution >= 4 is 23.4 Å². The predicted octanol–water partition coefficient (Wildman–Crippen LogP) is 3.85. The lowest BCUT2D eigenvalue weighted by molar-refractivity contribution is -0.113. The topological polar surface area (TPSA) is 67.2 Å². The molecule has 0 atom stereocenters. The van der Waals surface area contributed by atoms with Crippen LogP contribution in [0.1, 0.15) is 16.7 Å². The summed E-state index contributed by atoms with van der Waals surface area (Å²) in [6.07, 6.45) is 3.56. The van der Waals surface area contributed by atoms with Gasteiger partial charge in [0.05, 0.1) is 12.4 Å². The van der Waals surface area contributed by atoms with E-state index in [1.54, 1.807) is 6.20 Å². The van der Waals surface area contributed by atoms with Crippen LogP contribution in [-0.2, 0) is 11.4 Å². The van der Waals surface area contributed by atoms with Gasteiger partial charge in [-0.1, -0.05) is 17.8 Å². The van der Waals surface area contributed by atoms with E-state index in [-0.39, 0.29) is 17.2 Å². The van der Waals surface area contributed by atoms with Gasteiger partial charge in [-0.2, -0.15) is 0 Å². The molecule has 1 amide bonds. The number of imidazole rings is 1. The number of aliphatic hydroxyl groups excluding tert-OH is 1. The average Bonchev–Trinajstić information content (AvgIpc) is 3.12. The molecule has 0 saturated carbocycles. The molecule has 2 aromatic carbocycles. The van der Waals surface area contributed by atoms with E-state index < -0.39 is 12.4 Å². The van der Waals surface area contributed by atoms with E-state index >= 15 is 0 Å². The molecule has 0 unspecified atom stereocenters. The Labute approximate surface area is 161 Å². The molecule has 0 bridgehead atoms. The molecular weight excluding hydrogens is 365 g/mol. The van der Waals surface area contributed by atoms with Gasteiger partial charge in [0.15, 0.2) is 5.16 Å². The summed E-state index contributed by atoms with van der Waals surface area (Å²) >= 11 is 1.32. The molecule has 2 N–H and O–H groups in total. The molecular formula is C20H20FN3O2S. The lowest BCUT2D eigenvalue weighted by Crippen LogP contribution is -2.15. The molecule has 0 fully saturated rings. The molecule has 0 radical (unpaired) electrons. The number of amides is 1. The number of aromatic nitrogens is 2. The number of nitrogens with zero attached hydrogens (tertiary/aromatic N) is 2. The highest BCUT2D eigenvalue weighted by atomic mass is 32.2. The molecule has 0 aliphatic carbocycles. The van der Waals surface area contributed by atoms with Crippen molar-refractivity contribution in [3.05, 3.63) is 71.3 Å². The van der Waals surface area contributed by atoms with Crippen molar-refractivity contribution in [2.24, 2.45) is 0 Å². The minimum atomic E-state index is -0.500. The molecule has 5 nitrogen and oxygen atoms in total. The second-order valence-corrected chi connectivity index (χ2v) is 7.09. The number of aliphatic hydroxyl groups is 1. The lowest BCUT2D eigenvalue weighted by atomic mass is 10.1. The van der Waals surface area contributed by atoms with Crippen molar-refractivity contribution in [1.82, 2.24) is 9.55 Å². The third-order valence-electron chi connectivity index (χ3n) is 4.21. The smallest absolute Gasteiger partial charge is 0.234 e. The first-order valence-electron chi connectivity index (χ1n) is 8.41. The molecule has 0 saturated heterocycles. The first kappa shape index (κ1) is 19.1. The molecule has 27 heavy (non-hydrogen) atoms. The quantitative estimate of drug-likeness (QED) is 0.633. The highest BCUT2D eigenvalue weighted by molar-refractivity contribution is 7.99. The fourth-order valence-electron chi connectivity index (χ4n) is 2.57. The van der Waals surface area contributed by atoms with Crippen LogP contribution in [0.2, 0.25) is 0 Å². The van der Waals surface area contributed by atoms with Crippen molar-refractivity contribution in [1.29, 1.82) is 0 Å². The predicted molar refractivity (Wildman–Crippen MR) is 105 cm³/mol.